The predicted octanol–water partition coefficient (Wildman–Crippen LogP) is -9.49. The highest BCUT2D eigenvalue weighted by Gasteiger charge is 2.54. The van der Waals surface area contributed by atoms with Crippen LogP contribution in [0.4, 0.5) is 10.6 Å². The molecule has 2 aromatic rings. The zero-order valence-corrected chi connectivity index (χ0v) is 53.6. The highest BCUT2D eigenvalue weighted by atomic mass is 16.8. The summed E-state index contributed by atoms with van der Waals surface area (Å²) in [5.41, 5.74) is 29.4. The molecule has 41 heteroatoms. The summed E-state index contributed by atoms with van der Waals surface area (Å²) in [5.74, 6) is -5.05. The summed E-state index contributed by atoms with van der Waals surface area (Å²) in [4.78, 5) is 131. The van der Waals surface area contributed by atoms with Crippen molar-refractivity contribution in [1.82, 2.24) is 51.8 Å². The first-order valence-corrected chi connectivity index (χ1v) is 30.9. The van der Waals surface area contributed by atoms with Gasteiger partial charge in [0, 0.05) is 43.4 Å². The number of carbonyl (C=O) groups is 8. The number of anilines is 1. The molecular formula is C55H86B3N17O21. The minimum Gasteiger partial charge on any atom is -0.441 e. The molecule has 0 bridgehead atoms. The second-order valence-electron chi connectivity index (χ2n) is 24.0. The third-order valence-corrected chi connectivity index (χ3v) is 16.1. The van der Waals surface area contributed by atoms with E-state index in [4.69, 9.17) is 52.4 Å². The number of aromatic amines is 1. The van der Waals surface area contributed by atoms with Crippen LogP contribution in [-0.4, -0.2) is 271 Å². The number of aliphatic imine (C=N–C) groups is 2. The first kappa shape index (κ1) is 77.1. The Balaban J connectivity index is 1.25. The molecule has 4 aliphatic rings. The Morgan fingerprint density at radius 3 is 2.10 bits per heavy atom. The predicted molar refractivity (Wildman–Crippen MR) is 341 cm³/mol. The first-order chi connectivity index (χ1) is 45.3. The van der Waals surface area contributed by atoms with E-state index in [1.165, 1.54) is 27.7 Å². The van der Waals surface area contributed by atoms with Gasteiger partial charge in [0.25, 0.3) is 11.8 Å². The molecule has 526 valence electrons. The van der Waals surface area contributed by atoms with Gasteiger partial charge in [-0.05, 0) is 39.2 Å². The lowest BCUT2D eigenvalue weighted by atomic mass is 9.51. The van der Waals surface area contributed by atoms with Crippen LogP contribution in [0, 0.1) is 12.8 Å². The number of hydrogen-bond acceptors (Lipinski definition) is 29. The number of aliphatic hydroxyl groups excluding tert-OH is 8. The molecule has 25 N–H and O–H groups in total. The fourth-order valence-corrected chi connectivity index (χ4v) is 10.5. The van der Waals surface area contributed by atoms with Crippen LogP contribution in [0.2, 0.25) is 20.0 Å². The summed E-state index contributed by atoms with van der Waals surface area (Å²) >= 11 is 0. The number of imidazole rings is 1. The zero-order valence-electron chi connectivity index (χ0n) is 53.6. The molecule has 2 fully saturated rings. The summed E-state index contributed by atoms with van der Waals surface area (Å²) in [6.07, 6.45) is -23.2. The molecule has 2 aromatic heterocycles. The summed E-state index contributed by atoms with van der Waals surface area (Å²) in [6.45, 7) is 7.94. The van der Waals surface area contributed by atoms with Crippen molar-refractivity contribution in [3.63, 3.8) is 0 Å². The normalized spacial score (nSPS) is 25.2. The lowest BCUT2D eigenvalue weighted by molar-refractivity contribution is -0.372. The Bertz CT molecular complexity index is 3210. The van der Waals surface area contributed by atoms with Gasteiger partial charge in [-0.1, -0.05) is 38.8 Å². The number of rotatable bonds is 35. The van der Waals surface area contributed by atoms with Gasteiger partial charge in [-0.15, -0.1) is 0 Å². The maximum atomic E-state index is 15.2. The summed E-state index contributed by atoms with van der Waals surface area (Å²) in [5, 5.41) is 104. The Labute approximate surface area is 551 Å². The monoisotopic (exact) mass is 1350 g/mol. The van der Waals surface area contributed by atoms with E-state index in [2.05, 4.69) is 75.5 Å². The molecule has 19 atom stereocenters. The molecule has 0 saturated carbocycles. The van der Waals surface area contributed by atoms with Gasteiger partial charge >= 0.3 is 6.09 Å². The van der Waals surface area contributed by atoms with Crippen molar-refractivity contribution in [3.8, 4) is 0 Å². The number of nitrogen functional groups attached to an aromatic ring is 1. The quantitative estimate of drug-likeness (QED) is 0.0225. The van der Waals surface area contributed by atoms with Crippen LogP contribution >= 0.6 is 0 Å². The molecule has 2 saturated heterocycles. The van der Waals surface area contributed by atoms with Crippen LogP contribution in [0.5, 0.6) is 0 Å². The maximum absolute atomic E-state index is 15.2. The van der Waals surface area contributed by atoms with Crippen molar-refractivity contribution in [2.75, 3.05) is 38.6 Å². The number of allylic oxidation sites excluding steroid dienone is 1. The fraction of sp³-hybridized carbons (Fsp3) is 0.618. The Morgan fingerprint density at radius 1 is 0.792 bits per heavy atom. The number of aromatic nitrogens is 4. The third-order valence-electron chi connectivity index (χ3n) is 16.1. The van der Waals surface area contributed by atoms with Crippen molar-refractivity contribution in [1.29, 1.82) is 0 Å². The maximum Gasteiger partial charge on any atom is 0.404 e. The number of aliphatic hydroxyl groups is 8. The number of ether oxygens (including phenoxy) is 5. The molecule has 4 aliphatic heterocycles. The zero-order chi connectivity index (χ0) is 71.0. The van der Waals surface area contributed by atoms with Gasteiger partial charge in [0.15, 0.2) is 18.7 Å². The average molecular weight is 1350 g/mol. The van der Waals surface area contributed by atoms with Crippen molar-refractivity contribution in [3.05, 3.63) is 58.6 Å². The van der Waals surface area contributed by atoms with E-state index in [-0.39, 0.29) is 48.3 Å². The Morgan fingerprint density at radius 2 is 1.48 bits per heavy atom. The van der Waals surface area contributed by atoms with E-state index in [0.29, 0.717) is 50.4 Å². The average Bonchev–Trinajstić information content (AvgIpc) is 0.943. The van der Waals surface area contributed by atoms with Crippen LogP contribution in [0.3, 0.4) is 0 Å². The van der Waals surface area contributed by atoms with Gasteiger partial charge in [-0.3, -0.25) is 43.5 Å². The number of nitrogens with one attached hydrogen (secondary N) is 7. The number of amides is 8. The molecule has 38 nitrogen and oxygen atoms in total. The minimum absolute atomic E-state index is 0.0218. The van der Waals surface area contributed by atoms with E-state index in [1.54, 1.807) is 5.98 Å². The number of H-pyrrole nitrogens is 1. The topological polar surface area (TPSA) is 626 Å². The molecule has 6 rings (SSSR count). The molecule has 6 heterocycles. The first-order valence-electron chi connectivity index (χ1n) is 30.9. The second-order valence-corrected chi connectivity index (χ2v) is 24.0. The van der Waals surface area contributed by atoms with Crippen LogP contribution in [0.15, 0.2) is 45.9 Å². The highest BCUT2D eigenvalue weighted by Crippen LogP contribution is 2.34. The third kappa shape index (κ3) is 20.3. The van der Waals surface area contributed by atoms with E-state index in [9.17, 15) is 74.4 Å². The van der Waals surface area contributed by atoms with E-state index >= 15 is 4.79 Å². The molecule has 96 heavy (non-hydrogen) atoms. The number of hydrogen-bond donors (Lipinski definition) is 20. The standard InChI is InChI=1S/C55H86B3N17O21/c1-20-33(72-47(75-45(20)61)25(12-32(60)79)67-15-24(59)46(62)85)51(89)74-35(41(28-16-64-19-68-28)94-54-43(39(83)37(81)29(17-76)93-54)95-53-40(84)42(96-55(63)91)38(82)30(18-77)92-53)52(90)69-22(3)36(80)21(2)48(86)73-34(23(4)78)50(88)66-11-8-31-56-13-26(70-31)44-57-14-27(71-44)49(87)65-10-7-9-58(5)6/h13-14,16,19,21-25,29-30,34-43,53-54,56-57,67,76-78,80-84H,7-12,15,17-18,59H2,1-6H3,(H2,60,79)(H2,62,85)(H2,63,91)(H,64,68)(H,65,87)(H,66,88)(H,69,90)(H,73,86)(H,74,89)(H2,61,72,75)/t21-,22+,23+,24-,25-,29?,30?,34-,35-,36-,37?,38?,39?,40?,41-,42?,43?,53?,54?/m0/s1. The van der Waals surface area contributed by atoms with Crippen LogP contribution in [0.1, 0.15) is 79.7 Å². The molecule has 0 aliphatic carbocycles. The number of nitrogens with zero attached hydrogens (tertiary/aromatic N) is 5. The van der Waals surface area contributed by atoms with Crippen molar-refractivity contribution < 1.29 is 103 Å². The van der Waals surface area contributed by atoms with Crippen molar-refractivity contribution in [2.45, 2.75) is 177 Å². The van der Waals surface area contributed by atoms with Gasteiger partial charge in [-0.2, -0.15) is 0 Å². The Kier molecular flexibility index (Phi) is 28.4. The molecule has 0 spiro atoms. The SMILES string of the molecule is CB(C)CCCNC(=O)C1=CBC(C2=CBC(CCNC(=O)[C@@H](NC(=O)[C@@H](C)[C@H](O)[C@@H](C)NC(=O)[C@@H](NC(=O)c3nc([C@H](CC(N)=O)NC[C@H](N)C(N)=O)nc(N)c3C)[C@@H](OC3OC(CO)C(O)C(O)C3OC3OC(CO)C(O)C(OC(N)=O)C3O)c3c[nH]cn3)[C@@H](C)O)=N2)=N1. The van der Waals surface area contributed by atoms with Crippen LogP contribution in [0.25, 0.3) is 0 Å². The van der Waals surface area contributed by atoms with E-state index in [1.807, 2.05) is 5.98 Å². The van der Waals surface area contributed by atoms with Gasteiger partial charge in [0.05, 0.1) is 67.2 Å². The Hall–Kier alpha value is -7.90. The number of nitrogens with two attached hydrogens (primary N) is 5. The molecule has 10 unspecified atom stereocenters. The number of carbonyl (C=O) groups excluding carboxylic acids is 8. The molecule has 0 radical (unpaired) electrons. The summed E-state index contributed by atoms with van der Waals surface area (Å²) in [6, 6.07) is -7.84. The van der Waals surface area contributed by atoms with Crippen LogP contribution in [-0.2, 0) is 52.5 Å². The van der Waals surface area contributed by atoms with Gasteiger partial charge in [0.2, 0.25) is 44.1 Å². The van der Waals surface area contributed by atoms with Gasteiger partial charge in [-0.25, -0.2) is 19.7 Å². The van der Waals surface area contributed by atoms with E-state index in [0.717, 1.165) is 25.3 Å². The summed E-state index contributed by atoms with van der Waals surface area (Å²) in [7, 11) is 0.838. The highest BCUT2D eigenvalue weighted by molar-refractivity contribution is 6.87. The largest absolute Gasteiger partial charge is 0.441 e. The molecule has 0 aromatic carbocycles. The minimum atomic E-state index is -2.20. The lowest BCUT2D eigenvalue weighted by Gasteiger charge is -2.47. The van der Waals surface area contributed by atoms with Gasteiger partial charge < -0.3 is 130 Å². The van der Waals surface area contributed by atoms with Gasteiger partial charge in [0.1, 0.15) is 90.7 Å². The molecule has 8 amide bonds. The van der Waals surface area contributed by atoms with Crippen LogP contribution < -0.4 is 60.6 Å². The lowest BCUT2D eigenvalue weighted by Crippen LogP contribution is -2.65. The smallest absolute Gasteiger partial charge is 0.404 e. The van der Waals surface area contributed by atoms with Crippen molar-refractivity contribution in [2.24, 2.45) is 38.8 Å². The van der Waals surface area contributed by atoms with Crippen molar-refractivity contribution >= 4 is 85.8 Å². The second kappa shape index (κ2) is 35.4. The summed E-state index contributed by atoms with van der Waals surface area (Å²) < 4.78 is 28.7. The fourth-order valence-electron chi connectivity index (χ4n) is 10.5. The number of primary amides is 3. The molecular weight excluding hydrogens is 1270 g/mol. The van der Waals surface area contributed by atoms with E-state index < -0.39 is 183 Å².